The van der Waals surface area contributed by atoms with E-state index in [0.717, 1.165) is 54.1 Å². The van der Waals surface area contributed by atoms with Crippen molar-refractivity contribution >= 4 is 41.5 Å². The number of fused-ring (bicyclic) bond motifs is 1. The molecule has 130 valence electrons. The zero-order valence-corrected chi connectivity index (χ0v) is 17.0. The number of benzene rings is 1. The molecule has 1 aromatic carbocycles. The van der Waals surface area contributed by atoms with E-state index >= 15 is 0 Å². The van der Waals surface area contributed by atoms with Crippen LogP contribution in [0.4, 0.5) is 0 Å². The number of hydrogen-bond donors (Lipinski definition) is 1. The average molecular weight is 461 g/mol. The van der Waals surface area contributed by atoms with Crippen molar-refractivity contribution in [2.45, 2.75) is 32.5 Å². The molecule has 1 aliphatic heterocycles. The third-order valence-electron chi connectivity index (χ3n) is 3.97. The molecule has 3 rings (SSSR count). The predicted molar refractivity (Wildman–Crippen MR) is 107 cm³/mol. The van der Waals surface area contributed by atoms with Crippen molar-refractivity contribution in [2.75, 3.05) is 14.1 Å². The normalized spacial score (nSPS) is 13.4. The maximum atomic E-state index is 6.04. The third-order valence-corrected chi connectivity index (χ3v) is 4.21. The molecule has 0 spiro atoms. The van der Waals surface area contributed by atoms with Gasteiger partial charge in [0.2, 0.25) is 0 Å². The first-order valence-corrected chi connectivity index (χ1v) is 8.12. The molecule has 8 heteroatoms. The van der Waals surface area contributed by atoms with E-state index in [1.54, 1.807) is 7.05 Å². The van der Waals surface area contributed by atoms with Gasteiger partial charge in [-0.05, 0) is 24.1 Å². The van der Waals surface area contributed by atoms with Crippen molar-refractivity contribution in [3.05, 3.63) is 46.5 Å². The number of hydrogen-bond acceptors (Lipinski definition) is 3. The number of rotatable bonds is 4. The van der Waals surface area contributed by atoms with Crippen molar-refractivity contribution in [3.8, 4) is 0 Å². The van der Waals surface area contributed by atoms with Gasteiger partial charge in [-0.2, -0.15) is 0 Å². The van der Waals surface area contributed by atoms with Gasteiger partial charge in [0.15, 0.2) is 11.8 Å². The molecule has 0 saturated heterocycles. The number of nitrogens with zero attached hydrogens (tertiary/aromatic N) is 5. The number of aryl methyl sites for hydroxylation is 1. The summed E-state index contributed by atoms with van der Waals surface area (Å²) >= 11 is 6.04. The zero-order valence-electron chi connectivity index (χ0n) is 13.9. The topological polar surface area (TPSA) is 58.3 Å². The van der Waals surface area contributed by atoms with Crippen LogP contribution in [0.15, 0.2) is 29.3 Å². The minimum Gasteiger partial charge on any atom is -0.349 e. The van der Waals surface area contributed by atoms with Gasteiger partial charge in [-0.1, -0.05) is 23.7 Å². The molecule has 2 aromatic rings. The Morgan fingerprint density at radius 3 is 3.00 bits per heavy atom. The van der Waals surface area contributed by atoms with Crippen molar-refractivity contribution in [2.24, 2.45) is 4.99 Å². The van der Waals surface area contributed by atoms with Crippen LogP contribution >= 0.6 is 35.6 Å². The lowest BCUT2D eigenvalue weighted by Gasteiger charge is -2.22. The average Bonchev–Trinajstić information content (AvgIpc) is 3.12. The van der Waals surface area contributed by atoms with Gasteiger partial charge < -0.3 is 14.8 Å². The highest BCUT2D eigenvalue weighted by molar-refractivity contribution is 14.0. The van der Waals surface area contributed by atoms with Gasteiger partial charge in [-0.25, -0.2) is 0 Å². The Kier molecular flexibility index (Phi) is 6.85. The van der Waals surface area contributed by atoms with E-state index in [1.165, 1.54) is 0 Å². The van der Waals surface area contributed by atoms with E-state index < -0.39 is 0 Å². The van der Waals surface area contributed by atoms with E-state index in [9.17, 15) is 0 Å². The summed E-state index contributed by atoms with van der Waals surface area (Å²) in [5, 5.41) is 12.6. The molecule has 0 radical (unpaired) electrons. The van der Waals surface area contributed by atoms with Crippen LogP contribution in [-0.4, -0.2) is 39.7 Å². The quantitative estimate of drug-likeness (QED) is 0.433. The molecule has 1 N–H and O–H groups in total. The fourth-order valence-corrected chi connectivity index (χ4v) is 3.08. The molecule has 6 nitrogen and oxygen atoms in total. The lowest BCUT2D eigenvalue weighted by molar-refractivity contribution is 0.474. The molecule has 0 aliphatic carbocycles. The molecule has 0 unspecified atom stereocenters. The maximum Gasteiger partial charge on any atom is 0.194 e. The third kappa shape index (κ3) is 4.38. The molecular formula is C16H22ClIN6. The Bertz CT molecular complexity index is 714. The Morgan fingerprint density at radius 1 is 1.42 bits per heavy atom. The lowest BCUT2D eigenvalue weighted by Crippen LogP contribution is -2.38. The van der Waals surface area contributed by atoms with Crippen LogP contribution in [0, 0.1) is 0 Å². The molecule has 0 amide bonds. The Morgan fingerprint density at radius 2 is 2.25 bits per heavy atom. The molecule has 0 fully saturated rings. The predicted octanol–water partition coefficient (Wildman–Crippen LogP) is 2.70. The van der Waals surface area contributed by atoms with Gasteiger partial charge in [0, 0.05) is 38.6 Å². The number of nitrogens with one attached hydrogen (secondary N) is 1. The van der Waals surface area contributed by atoms with Gasteiger partial charge in [0.25, 0.3) is 0 Å². The van der Waals surface area contributed by atoms with Gasteiger partial charge in [-0.3, -0.25) is 4.99 Å². The van der Waals surface area contributed by atoms with Crippen molar-refractivity contribution in [1.29, 1.82) is 0 Å². The smallest absolute Gasteiger partial charge is 0.194 e. The SMILES string of the molecule is CN=C(NCc1nnc2n1CCC2)N(C)Cc1cccc(Cl)c1.I. The number of halogens is 2. The second-order valence-corrected chi connectivity index (χ2v) is 6.11. The summed E-state index contributed by atoms with van der Waals surface area (Å²) in [4.78, 5) is 6.40. The number of aliphatic imine (C=N–C) groups is 1. The van der Waals surface area contributed by atoms with Crippen LogP contribution in [0.5, 0.6) is 0 Å². The fraction of sp³-hybridized carbons (Fsp3) is 0.438. The molecule has 0 bridgehead atoms. The molecule has 1 aromatic heterocycles. The highest BCUT2D eigenvalue weighted by atomic mass is 127. The summed E-state index contributed by atoms with van der Waals surface area (Å²) in [6.07, 6.45) is 2.18. The monoisotopic (exact) mass is 460 g/mol. The van der Waals surface area contributed by atoms with E-state index in [-0.39, 0.29) is 24.0 Å². The number of aromatic nitrogens is 3. The van der Waals surface area contributed by atoms with Crippen LogP contribution in [0.3, 0.4) is 0 Å². The number of guanidine groups is 1. The second kappa shape index (κ2) is 8.66. The van der Waals surface area contributed by atoms with Crippen molar-refractivity contribution in [1.82, 2.24) is 25.0 Å². The second-order valence-electron chi connectivity index (χ2n) is 5.67. The van der Waals surface area contributed by atoms with Gasteiger partial charge in [0.1, 0.15) is 5.82 Å². The van der Waals surface area contributed by atoms with Crippen molar-refractivity contribution in [3.63, 3.8) is 0 Å². The van der Waals surface area contributed by atoms with Gasteiger partial charge in [-0.15, -0.1) is 34.2 Å². The first-order chi connectivity index (χ1) is 11.2. The Balaban J connectivity index is 0.00000208. The standard InChI is InChI=1S/C16H21ClN6.HI/c1-18-16(22(2)11-12-5-3-6-13(17)9-12)19-10-15-21-20-14-7-4-8-23(14)15;/h3,5-6,9H,4,7-8,10-11H2,1-2H3,(H,18,19);1H. The Labute approximate surface area is 164 Å². The van der Waals surface area contributed by atoms with Gasteiger partial charge >= 0.3 is 0 Å². The molecule has 0 saturated carbocycles. The minimum atomic E-state index is 0. The van der Waals surface area contributed by atoms with E-state index in [2.05, 4.69) is 36.0 Å². The van der Waals surface area contributed by atoms with E-state index in [4.69, 9.17) is 11.6 Å². The lowest BCUT2D eigenvalue weighted by atomic mass is 10.2. The maximum absolute atomic E-state index is 6.04. The molecule has 0 atom stereocenters. The summed E-state index contributed by atoms with van der Waals surface area (Å²) in [6.45, 7) is 2.37. The fourth-order valence-electron chi connectivity index (χ4n) is 2.87. The molecule has 1 aliphatic rings. The van der Waals surface area contributed by atoms with Crippen molar-refractivity contribution < 1.29 is 0 Å². The highest BCUT2D eigenvalue weighted by Gasteiger charge is 2.17. The summed E-state index contributed by atoms with van der Waals surface area (Å²) in [5.41, 5.74) is 1.14. The van der Waals surface area contributed by atoms with E-state index in [0.29, 0.717) is 6.54 Å². The van der Waals surface area contributed by atoms with E-state index in [1.807, 2.05) is 25.2 Å². The first-order valence-electron chi connectivity index (χ1n) is 7.74. The summed E-state index contributed by atoms with van der Waals surface area (Å²) in [5.74, 6) is 2.87. The van der Waals surface area contributed by atoms with Gasteiger partial charge in [0.05, 0.1) is 6.54 Å². The highest BCUT2D eigenvalue weighted by Crippen LogP contribution is 2.14. The molecular weight excluding hydrogens is 439 g/mol. The van der Waals surface area contributed by atoms with Crippen LogP contribution in [0.25, 0.3) is 0 Å². The summed E-state index contributed by atoms with van der Waals surface area (Å²) in [6, 6.07) is 7.86. The first kappa shape index (κ1) is 19.0. The van der Waals surface area contributed by atoms with Crippen LogP contribution in [0.2, 0.25) is 5.02 Å². The Hall–Kier alpha value is -1.35. The van der Waals surface area contributed by atoms with Crippen LogP contribution in [0.1, 0.15) is 23.6 Å². The summed E-state index contributed by atoms with van der Waals surface area (Å²) in [7, 11) is 3.79. The van der Waals surface area contributed by atoms with Crippen LogP contribution in [-0.2, 0) is 26.1 Å². The minimum absolute atomic E-state index is 0. The molecule has 24 heavy (non-hydrogen) atoms. The summed E-state index contributed by atoms with van der Waals surface area (Å²) < 4.78 is 2.19. The van der Waals surface area contributed by atoms with Crippen LogP contribution < -0.4 is 5.32 Å². The molecule has 2 heterocycles. The zero-order chi connectivity index (χ0) is 16.2. The largest absolute Gasteiger partial charge is 0.349 e.